The molecule has 0 aliphatic carbocycles. The van der Waals surface area contributed by atoms with Crippen molar-refractivity contribution in [1.29, 1.82) is 0 Å². The molecule has 2 N–H and O–H groups in total. The zero-order valence-electron chi connectivity index (χ0n) is 17.1. The molecule has 0 radical (unpaired) electrons. The van der Waals surface area contributed by atoms with Crippen molar-refractivity contribution in [3.05, 3.63) is 72.3 Å². The molecule has 0 aliphatic heterocycles. The van der Waals surface area contributed by atoms with Crippen molar-refractivity contribution in [3.8, 4) is 11.5 Å². The Morgan fingerprint density at radius 1 is 0.966 bits per heavy atom. The number of phenols is 1. The molecule has 4 heteroatoms. The fraction of sp³-hybridized carbons (Fsp3) is 0.320. The topological polar surface area (TPSA) is 58.6 Å². The molecule has 2 aromatic carbocycles. The quantitative estimate of drug-likeness (QED) is 0.251. The van der Waals surface area contributed by atoms with Gasteiger partial charge in [-0.25, -0.2) is 0 Å². The van der Waals surface area contributed by atoms with Gasteiger partial charge in [0.1, 0.15) is 18.1 Å². The van der Waals surface area contributed by atoms with E-state index in [1.54, 1.807) is 30.3 Å². The van der Waals surface area contributed by atoms with Crippen molar-refractivity contribution in [1.82, 2.24) is 0 Å². The average molecular weight is 394 g/mol. The number of aromatic hydroxyl groups is 1. The van der Waals surface area contributed by atoms with Crippen LogP contribution in [0.15, 0.2) is 66.8 Å². The lowest BCUT2D eigenvalue weighted by Crippen LogP contribution is -2.07. The van der Waals surface area contributed by atoms with Gasteiger partial charge in [0.05, 0.1) is 0 Å². The third-order valence-electron chi connectivity index (χ3n) is 4.43. The summed E-state index contributed by atoms with van der Waals surface area (Å²) in [7, 11) is 0. The monoisotopic (exact) mass is 393 g/mol. The standard InChI is InChI=1S/C25H31NO3/c1-2-3-4-5-6-7-8-9-20-29-24-17-13-22(14-18-24)26-25(28)19-12-21-10-15-23(27)16-11-21/h8-19,27H,2-7,20H2,1H3,(H,26,28)/b9-8+,19-12+. The van der Waals surface area contributed by atoms with Crippen LogP contribution in [0.1, 0.15) is 51.0 Å². The number of carbonyl (C=O) groups excluding carboxylic acids is 1. The van der Waals surface area contributed by atoms with Crippen LogP contribution in [0.5, 0.6) is 11.5 Å². The van der Waals surface area contributed by atoms with E-state index in [-0.39, 0.29) is 11.7 Å². The number of benzene rings is 2. The van der Waals surface area contributed by atoms with Crippen LogP contribution in [-0.4, -0.2) is 17.6 Å². The first-order chi connectivity index (χ1) is 14.2. The molecule has 0 atom stereocenters. The van der Waals surface area contributed by atoms with Gasteiger partial charge >= 0.3 is 0 Å². The van der Waals surface area contributed by atoms with Gasteiger partial charge < -0.3 is 15.2 Å². The van der Waals surface area contributed by atoms with E-state index in [1.165, 1.54) is 38.2 Å². The smallest absolute Gasteiger partial charge is 0.248 e. The average Bonchev–Trinajstić information content (AvgIpc) is 2.73. The lowest BCUT2D eigenvalue weighted by molar-refractivity contribution is -0.111. The minimum atomic E-state index is -0.214. The molecular formula is C25H31NO3. The lowest BCUT2D eigenvalue weighted by Gasteiger charge is -2.06. The summed E-state index contributed by atoms with van der Waals surface area (Å²) in [6, 6.07) is 14.0. The number of nitrogens with one attached hydrogen (secondary N) is 1. The van der Waals surface area contributed by atoms with Crippen molar-refractivity contribution in [2.75, 3.05) is 11.9 Å². The molecule has 0 spiro atoms. The number of hydrogen-bond acceptors (Lipinski definition) is 3. The summed E-state index contributed by atoms with van der Waals surface area (Å²) in [6.45, 7) is 2.78. The molecule has 1 amide bonds. The first-order valence-corrected chi connectivity index (χ1v) is 10.3. The summed E-state index contributed by atoms with van der Waals surface area (Å²) >= 11 is 0. The number of hydrogen-bond donors (Lipinski definition) is 2. The maximum atomic E-state index is 12.0. The van der Waals surface area contributed by atoms with Gasteiger partial charge in [0.2, 0.25) is 5.91 Å². The summed E-state index contributed by atoms with van der Waals surface area (Å²) < 4.78 is 5.69. The number of anilines is 1. The van der Waals surface area contributed by atoms with Gasteiger partial charge in [-0.3, -0.25) is 4.79 Å². The Hall–Kier alpha value is -3.01. The van der Waals surface area contributed by atoms with Gasteiger partial charge in [0, 0.05) is 11.8 Å². The van der Waals surface area contributed by atoms with Crippen LogP contribution >= 0.6 is 0 Å². The highest BCUT2D eigenvalue weighted by Crippen LogP contribution is 2.16. The number of rotatable bonds is 12. The molecule has 0 aromatic heterocycles. The number of unbranched alkanes of at least 4 members (excludes halogenated alkanes) is 5. The van der Waals surface area contributed by atoms with Gasteiger partial charge in [-0.1, -0.05) is 56.9 Å². The van der Waals surface area contributed by atoms with Crippen molar-refractivity contribution in [2.24, 2.45) is 0 Å². The van der Waals surface area contributed by atoms with E-state index in [1.807, 2.05) is 24.3 Å². The molecule has 154 valence electrons. The van der Waals surface area contributed by atoms with Crippen molar-refractivity contribution >= 4 is 17.7 Å². The number of carbonyl (C=O) groups is 1. The molecule has 0 aliphatic rings. The summed E-state index contributed by atoms with van der Waals surface area (Å²) in [5.74, 6) is 0.760. The maximum absolute atomic E-state index is 12.0. The molecular weight excluding hydrogens is 362 g/mol. The van der Waals surface area contributed by atoms with E-state index >= 15 is 0 Å². The second-order valence-corrected chi connectivity index (χ2v) is 6.92. The number of phenolic OH excluding ortho intramolecular Hbond substituents is 1. The second kappa shape index (κ2) is 13.2. The van der Waals surface area contributed by atoms with E-state index < -0.39 is 0 Å². The van der Waals surface area contributed by atoms with Crippen LogP contribution in [0.3, 0.4) is 0 Å². The van der Waals surface area contributed by atoms with E-state index in [0.717, 1.165) is 17.7 Å². The van der Waals surface area contributed by atoms with Gasteiger partial charge in [0.15, 0.2) is 0 Å². The minimum absolute atomic E-state index is 0.201. The van der Waals surface area contributed by atoms with Crippen LogP contribution in [0, 0.1) is 0 Å². The van der Waals surface area contributed by atoms with Crippen LogP contribution in [0.25, 0.3) is 6.08 Å². The highest BCUT2D eigenvalue weighted by atomic mass is 16.5. The third-order valence-corrected chi connectivity index (χ3v) is 4.43. The molecule has 0 unspecified atom stereocenters. The van der Waals surface area contributed by atoms with Gasteiger partial charge in [0.25, 0.3) is 0 Å². The first-order valence-electron chi connectivity index (χ1n) is 10.3. The summed E-state index contributed by atoms with van der Waals surface area (Å²) in [5.41, 5.74) is 1.55. The molecule has 0 bridgehead atoms. The Bertz CT molecular complexity index is 777. The van der Waals surface area contributed by atoms with Crippen LogP contribution in [0.2, 0.25) is 0 Å². The zero-order chi connectivity index (χ0) is 20.7. The molecule has 0 saturated carbocycles. The Morgan fingerprint density at radius 2 is 1.69 bits per heavy atom. The molecule has 0 fully saturated rings. The molecule has 0 saturated heterocycles. The fourth-order valence-electron chi connectivity index (χ4n) is 2.77. The summed E-state index contributed by atoms with van der Waals surface area (Å²) in [4.78, 5) is 12.0. The highest BCUT2D eigenvalue weighted by Gasteiger charge is 1.99. The van der Waals surface area contributed by atoms with E-state index in [2.05, 4.69) is 24.4 Å². The van der Waals surface area contributed by atoms with Gasteiger partial charge in [-0.2, -0.15) is 0 Å². The Labute approximate surface area is 173 Å². The second-order valence-electron chi connectivity index (χ2n) is 6.92. The SMILES string of the molecule is CCCCCCC/C=C/COc1ccc(NC(=O)/C=C/c2ccc(O)cc2)cc1. The molecule has 4 nitrogen and oxygen atoms in total. The lowest BCUT2D eigenvalue weighted by atomic mass is 10.1. The van der Waals surface area contributed by atoms with Crippen molar-refractivity contribution < 1.29 is 14.6 Å². The number of allylic oxidation sites excluding steroid dienone is 1. The number of ether oxygens (including phenoxy) is 1. The Kier molecular flexibility index (Phi) is 10.2. The van der Waals surface area contributed by atoms with Crippen molar-refractivity contribution in [3.63, 3.8) is 0 Å². The Morgan fingerprint density at radius 3 is 2.41 bits per heavy atom. The van der Waals surface area contributed by atoms with Crippen LogP contribution in [-0.2, 0) is 4.79 Å². The molecule has 0 heterocycles. The summed E-state index contributed by atoms with van der Waals surface area (Å²) in [6.07, 6.45) is 15.0. The summed E-state index contributed by atoms with van der Waals surface area (Å²) in [5, 5.41) is 12.1. The number of amides is 1. The normalized spacial score (nSPS) is 11.2. The molecule has 2 aromatic rings. The van der Waals surface area contributed by atoms with Gasteiger partial charge in [-0.15, -0.1) is 0 Å². The fourth-order valence-corrected chi connectivity index (χ4v) is 2.77. The first kappa shape index (κ1) is 22.3. The minimum Gasteiger partial charge on any atom is -0.508 e. The van der Waals surface area contributed by atoms with Gasteiger partial charge in [-0.05, 0) is 60.9 Å². The third kappa shape index (κ3) is 9.65. The van der Waals surface area contributed by atoms with E-state index in [0.29, 0.717) is 12.3 Å². The van der Waals surface area contributed by atoms with Crippen LogP contribution < -0.4 is 10.1 Å². The van der Waals surface area contributed by atoms with Crippen LogP contribution in [0.4, 0.5) is 5.69 Å². The molecule has 29 heavy (non-hydrogen) atoms. The maximum Gasteiger partial charge on any atom is 0.248 e. The predicted molar refractivity (Wildman–Crippen MR) is 120 cm³/mol. The molecule has 2 rings (SSSR count). The van der Waals surface area contributed by atoms with Crippen molar-refractivity contribution in [2.45, 2.75) is 45.4 Å². The zero-order valence-corrected chi connectivity index (χ0v) is 17.1. The predicted octanol–water partition coefficient (Wildman–Crippen LogP) is 6.34. The van der Waals surface area contributed by atoms with E-state index in [4.69, 9.17) is 4.74 Å². The largest absolute Gasteiger partial charge is 0.508 e. The highest BCUT2D eigenvalue weighted by molar-refractivity contribution is 6.01. The van der Waals surface area contributed by atoms with E-state index in [9.17, 15) is 9.90 Å². The Balaban J connectivity index is 1.67.